The summed E-state index contributed by atoms with van der Waals surface area (Å²) < 4.78 is 5.31. The van der Waals surface area contributed by atoms with Crippen molar-refractivity contribution >= 4 is 44.9 Å². The second-order valence-electron chi connectivity index (χ2n) is 8.51. The van der Waals surface area contributed by atoms with Gasteiger partial charge in [0, 0.05) is 46.2 Å². The van der Waals surface area contributed by atoms with Gasteiger partial charge >= 0.3 is 0 Å². The van der Waals surface area contributed by atoms with E-state index in [-0.39, 0.29) is 11.7 Å². The maximum Gasteiger partial charge on any atom is 0.257 e. The molecule has 0 spiro atoms. The Morgan fingerprint density at radius 3 is 2.74 bits per heavy atom. The first-order chi connectivity index (χ1) is 18.6. The van der Waals surface area contributed by atoms with E-state index in [4.69, 9.17) is 14.7 Å². The Kier molecular flexibility index (Phi) is 5.74. The van der Waals surface area contributed by atoms with Gasteiger partial charge in [-0.15, -0.1) is 0 Å². The molecule has 0 atom stereocenters. The number of hydrogen-bond donors (Lipinski definition) is 4. The van der Waals surface area contributed by atoms with Crippen LogP contribution in [0.1, 0.15) is 10.4 Å². The smallest absolute Gasteiger partial charge is 0.257 e. The number of nitrogens with one attached hydrogen (secondary N) is 3. The minimum Gasteiger partial charge on any atom is -0.504 e. The van der Waals surface area contributed by atoms with Crippen LogP contribution >= 0.6 is 0 Å². The molecule has 0 saturated carbocycles. The van der Waals surface area contributed by atoms with Gasteiger partial charge in [-0.3, -0.25) is 14.9 Å². The topological polar surface area (TPSA) is 138 Å². The van der Waals surface area contributed by atoms with Gasteiger partial charge in [-0.1, -0.05) is 12.1 Å². The SMILES string of the molecule is COc1cc2nc(-c3cccc(NC(=O)c4cccnc4)c3)nc(Nc3ccc4[nH]ncc4c3)c2cc1O. The molecule has 4 N–H and O–H groups in total. The minimum atomic E-state index is -0.271. The van der Waals surface area contributed by atoms with E-state index < -0.39 is 0 Å². The number of pyridine rings is 1. The Morgan fingerprint density at radius 2 is 1.89 bits per heavy atom. The number of benzene rings is 3. The molecule has 38 heavy (non-hydrogen) atoms. The van der Waals surface area contributed by atoms with Crippen LogP contribution in [0.4, 0.5) is 17.2 Å². The number of phenolic OH excluding ortho intramolecular Hbond substituents is 1. The minimum absolute atomic E-state index is 0.0233. The van der Waals surface area contributed by atoms with Gasteiger partial charge in [0.25, 0.3) is 5.91 Å². The number of nitrogens with zero attached hydrogens (tertiary/aromatic N) is 4. The van der Waals surface area contributed by atoms with Crippen LogP contribution in [0.3, 0.4) is 0 Å². The van der Waals surface area contributed by atoms with Gasteiger partial charge in [-0.25, -0.2) is 9.97 Å². The molecule has 3 aromatic carbocycles. The summed E-state index contributed by atoms with van der Waals surface area (Å²) in [6.45, 7) is 0. The van der Waals surface area contributed by atoms with E-state index in [0.29, 0.717) is 45.1 Å². The van der Waals surface area contributed by atoms with E-state index in [2.05, 4.69) is 25.8 Å². The summed E-state index contributed by atoms with van der Waals surface area (Å²) in [4.78, 5) is 26.2. The normalized spacial score (nSPS) is 11.0. The summed E-state index contributed by atoms with van der Waals surface area (Å²) in [5.41, 5.74) is 4.00. The second-order valence-corrected chi connectivity index (χ2v) is 8.51. The van der Waals surface area contributed by atoms with Crippen molar-refractivity contribution in [3.8, 4) is 22.9 Å². The zero-order valence-electron chi connectivity index (χ0n) is 20.1. The highest BCUT2D eigenvalue weighted by atomic mass is 16.5. The number of rotatable bonds is 6. The summed E-state index contributed by atoms with van der Waals surface area (Å²) in [7, 11) is 1.48. The lowest BCUT2D eigenvalue weighted by Crippen LogP contribution is -2.12. The lowest BCUT2D eigenvalue weighted by Gasteiger charge is -2.13. The van der Waals surface area contributed by atoms with E-state index in [9.17, 15) is 9.90 Å². The molecule has 10 nitrogen and oxygen atoms in total. The molecule has 3 aromatic heterocycles. The third-order valence-electron chi connectivity index (χ3n) is 6.00. The number of anilines is 3. The number of phenols is 1. The molecular formula is C28H21N7O3. The number of aromatic nitrogens is 5. The number of H-pyrrole nitrogens is 1. The van der Waals surface area contributed by atoms with Crippen molar-refractivity contribution in [2.24, 2.45) is 0 Å². The predicted octanol–water partition coefficient (Wildman–Crippen LogP) is 5.28. The van der Waals surface area contributed by atoms with E-state index in [0.717, 1.165) is 16.6 Å². The number of carbonyl (C=O) groups is 1. The summed E-state index contributed by atoms with van der Waals surface area (Å²) in [5.74, 6) is 0.923. The van der Waals surface area contributed by atoms with Gasteiger partial charge in [0.15, 0.2) is 17.3 Å². The van der Waals surface area contributed by atoms with Crippen molar-refractivity contribution in [1.29, 1.82) is 0 Å². The van der Waals surface area contributed by atoms with Gasteiger partial charge in [0.05, 0.1) is 29.9 Å². The maximum absolute atomic E-state index is 12.6. The first-order valence-electron chi connectivity index (χ1n) is 11.7. The van der Waals surface area contributed by atoms with E-state index >= 15 is 0 Å². The summed E-state index contributed by atoms with van der Waals surface area (Å²) >= 11 is 0. The lowest BCUT2D eigenvalue weighted by atomic mass is 10.1. The standard InChI is InChI=1S/C28H21N7O3/c1-38-25-13-23-21(12-24(25)36)27(31-20-7-8-22-18(11-20)15-30-35-22)34-26(33-23)16-4-2-6-19(10-16)32-28(37)17-5-3-9-29-14-17/h2-15,36H,1H3,(H,30,35)(H,32,37)(H,31,33,34). The molecule has 186 valence electrons. The summed E-state index contributed by atoms with van der Waals surface area (Å²) in [6, 6.07) is 19.7. The Balaban J connectivity index is 1.41. The van der Waals surface area contributed by atoms with Crippen molar-refractivity contribution in [2.45, 2.75) is 0 Å². The number of carbonyl (C=O) groups excluding carboxylic acids is 1. The van der Waals surface area contributed by atoms with Gasteiger partial charge in [0.2, 0.25) is 0 Å². The van der Waals surface area contributed by atoms with Crippen LogP contribution in [0.25, 0.3) is 33.2 Å². The molecule has 0 fully saturated rings. The summed E-state index contributed by atoms with van der Waals surface area (Å²) in [6.07, 6.45) is 4.86. The van der Waals surface area contributed by atoms with Crippen LogP contribution in [0, 0.1) is 0 Å². The van der Waals surface area contributed by atoms with Crippen molar-refractivity contribution in [2.75, 3.05) is 17.7 Å². The van der Waals surface area contributed by atoms with Crippen LogP contribution < -0.4 is 15.4 Å². The van der Waals surface area contributed by atoms with Gasteiger partial charge in [-0.2, -0.15) is 5.10 Å². The van der Waals surface area contributed by atoms with Gasteiger partial charge < -0.3 is 20.5 Å². The molecule has 1 amide bonds. The zero-order chi connectivity index (χ0) is 26.1. The second kappa shape index (κ2) is 9.51. The predicted molar refractivity (Wildman–Crippen MR) is 145 cm³/mol. The molecule has 0 saturated heterocycles. The fourth-order valence-electron chi connectivity index (χ4n) is 4.13. The van der Waals surface area contributed by atoms with Crippen molar-refractivity contribution < 1.29 is 14.6 Å². The third-order valence-corrected chi connectivity index (χ3v) is 6.00. The highest BCUT2D eigenvalue weighted by Crippen LogP contribution is 2.36. The average molecular weight is 504 g/mol. The molecule has 0 aliphatic heterocycles. The Hall–Kier alpha value is -5.51. The van der Waals surface area contributed by atoms with E-state index in [1.807, 2.05) is 30.3 Å². The van der Waals surface area contributed by atoms with E-state index in [1.54, 1.807) is 48.8 Å². The third kappa shape index (κ3) is 4.42. The number of amides is 1. The average Bonchev–Trinajstić information content (AvgIpc) is 3.41. The Labute approximate surface area is 216 Å². The molecule has 0 aliphatic rings. The number of ether oxygens (including phenoxy) is 1. The number of aromatic hydroxyl groups is 1. The molecule has 0 radical (unpaired) electrons. The lowest BCUT2D eigenvalue weighted by molar-refractivity contribution is 0.102. The highest BCUT2D eigenvalue weighted by molar-refractivity contribution is 6.04. The Morgan fingerprint density at radius 1 is 0.974 bits per heavy atom. The summed E-state index contributed by atoms with van der Waals surface area (Å²) in [5, 5.41) is 25.2. The molecule has 3 heterocycles. The molecule has 10 heteroatoms. The highest BCUT2D eigenvalue weighted by Gasteiger charge is 2.15. The zero-order valence-corrected chi connectivity index (χ0v) is 20.1. The first-order valence-corrected chi connectivity index (χ1v) is 11.7. The van der Waals surface area contributed by atoms with Crippen LogP contribution in [0.2, 0.25) is 0 Å². The molecule has 6 rings (SSSR count). The van der Waals surface area contributed by atoms with Crippen LogP contribution in [-0.2, 0) is 0 Å². The first kappa shape index (κ1) is 22.9. The molecule has 0 unspecified atom stereocenters. The number of hydrogen-bond acceptors (Lipinski definition) is 8. The Bertz CT molecular complexity index is 1800. The number of aromatic amines is 1. The van der Waals surface area contributed by atoms with Gasteiger partial charge in [0.1, 0.15) is 5.82 Å². The van der Waals surface area contributed by atoms with Crippen LogP contribution in [-0.4, -0.2) is 43.3 Å². The fourth-order valence-corrected chi connectivity index (χ4v) is 4.13. The van der Waals surface area contributed by atoms with Crippen LogP contribution in [0.15, 0.2) is 85.3 Å². The maximum atomic E-state index is 12.6. The monoisotopic (exact) mass is 503 g/mol. The molecule has 0 aliphatic carbocycles. The fraction of sp³-hybridized carbons (Fsp3) is 0.0357. The van der Waals surface area contributed by atoms with Crippen molar-refractivity contribution in [1.82, 2.24) is 25.1 Å². The van der Waals surface area contributed by atoms with Crippen LogP contribution in [0.5, 0.6) is 11.5 Å². The quantitative estimate of drug-likeness (QED) is 0.241. The molecular weight excluding hydrogens is 482 g/mol. The van der Waals surface area contributed by atoms with E-state index in [1.165, 1.54) is 13.3 Å². The number of methoxy groups -OCH3 is 1. The molecule has 6 aromatic rings. The van der Waals surface area contributed by atoms with Gasteiger partial charge in [-0.05, 0) is 48.5 Å². The number of fused-ring (bicyclic) bond motifs is 2. The largest absolute Gasteiger partial charge is 0.504 e. The molecule has 0 bridgehead atoms. The van der Waals surface area contributed by atoms with Crippen molar-refractivity contribution in [3.05, 3.63) is 90.9 Å². The van der Waals surface area contributed by atoms with Crippen molar-refractivity contribution in [3.63, 3.8) is 0 Å².